The summed E-state index contributed by atoms with van der Waals surface area (Å²) >= 11 is 0. The van der Waals surface area contributed by atoms with Gasteiger partial charge in [0.05, 0.1) is 16.9 Å². The highest BCUT2D eigenvalue weighted by atomic mass is 16.1. The van der Waals surface area contributed by atoms with Crippen molar-refractivity contribution in [2.75, 3.05) is 24.1 Å². The van der Waals surface area contributed by atoms with Gasteiger partial charge in [0.1, 0.15) is 0 Å². The Bertz CT molecular complexity index is 1360. The van der Waals surface area contributed by atoms with Crippen LogP contribution in [0.2, 0.25) is 0 Å². The molecule has 2 saturated heterocycles. The van der Waals surface area contributed by atoms with E-state index < -0.39 is 0 Å². The largest absolute Gasteiger partial charge is 0.397 e. The third-order valence-corrected chi connectivity index (χ3v) is 11.0. The number of benzene rings is 2. The number of hydrogen-bond donors (Lipinski definition) is 4. The third-order valence-electron chi connectivity index (χ3n) is 11.0. The van der Waals surface area contributed by atoms with Gasteiger partial charge in [-0.3, -0.25) is 9.78 Å². The number of anilines is 2. The summed E-state index contributed by atoms with van der Waals surface area (Å²) in [6.45, 7) is 2.34. The zero-order valence-electron chi connectivity index (χ0n) is 23.3. The fraction of sp³-hybridized carbons (Fsp3) is 0.471. The molecule has 1 amide bonds. The highest BCUT2D eigenvalue weighted by Crippen LogP contribution is 2.54. The lowest BCUT2D eigenvalue weighted by atomic mass is 9.54. The van der Waals surface area contributed by atoms with E-state index in [4.69, 9.17) is 10.7 Å². The van der Waals surface area contributed by atoms with Crippen molar-refractivity contribution >= 4 is 17.3 Å². The number of pyridine rings is 1. The Morgan fingerprint density at radius 2 is 1.48 bits per heavy atom. The first kappa shape index (κ1) is 25.7. The average molecular weight is 536 g/mol. The van der Waals surface area contributed by atoms with E-state index in [0.717, 1.165) is 17.7 Å². The van der Waals surface area contributed by atoms with Gasteiger partial charge in [0.2, 0.25) is 0 Å². The van der Waals surface area contributed by atoms with Crippen LogP contribution >= 0.6 is 0 Å². The van der Waals surface area contributed by atoms with E-state index in [-0.39, 0.29) is 11.3 Å². The highest BCUT2D eigenvalue weighted by molar-refractivity contribution is 6.06. The topological polar surface area (TPSA) is 92.1 Å². The van der Waals surface area contributed by atoms with Crippen molar-refractivity contribution in [1.82, 2.24) is 15.6 Å². The van der Waals surface area contributed by atoms with E-state index in [9.17, 15) is 4.79 Å². The van der Waals surface area contributed by atoms with E-state index in [1.54, 1.807) is 6.20 Å². The van der Waals surface area contributed by atoms with Gasteiger partial charge in [-0.25, -0.2) is 0 Å². The molecule has 2 saturated carbocycles. The SMILES string of the molecule is Nc1ccc(-c2ccccc2)cc1NC(=O)c1ccc(C2(C3CCC4(CCN4)CC3)CCC3(CCN3)CC2)nc1. The van der Waals surface area contributed by atoms with Gasteiger partial charge >= 0.3 is 0 Å². The molecule has 208 valence electrons. The molecular weight excluding hydrogens is 494 g/mol. The summed E-state index contributed by atoms with van der Waals surface area (Å²) in [5.74, 6) is 0.479. The summed E-state index contributed by atoms with van der Waals surface area (Å²) in [6, 6.07) is 20.0. The Hall–Kier alpha value is -3.22. The maximum Gasteiger partial charge on any atom is 0.257 e. The first-order valence-electron chi connectivity index (χ1n) is 15.2. The van der Waals surface area contributed by atoms with E-state index in [2.05, 4.69) is 34.1 Å². The molecule has 6 heteroatoms. The molecule has 0 radical (unpaired) electrons. The lowest BCUT2D eigenvalue weighted by Gasteiger charge is -2.56. The molecule has 4 aliphatic rings. The van der Waals surface area contributed by atoms with Crippen LogP contribution in [0, 0.1) is 5.92 Å². The number of aromatic nitrogens is 1. The standard InChI is InChI=1S/C34H41N5O/c35-28-8-6-25(24-4-2-1-3-5-24)22-29(28)39-31(40)26-7-9-30(36-23-26)34(16-14-33(15-17-34)19-21-38-33)27-10-12-32(13-11-27)18-20-37-32/h1-9,22-23,27,37-38H,10-21,35H2,(H,39,40). The number of hydrogen-bond acceptors (Lipinski definition) is 5. The van der Waals surface area contributed by atoms with E-state index in [1.807, 2.05) is 42.5 Å². The van der Waals surface area contributed by atoms with Gasteiger partial charge < -0.3 is 21.7 Å². The van der Waals surface area contributed by atoms with E-state index >= 15 is 0 Å². The molecule has 2 spiro atoms. The Morgan fingerprint density at radius 3 is 2.08 bits per heavy atom. The Morgan fingerprint density at radius 1 is 0.800 bits per heavy atom. The van der Waals surface area contributed by atoms with Crippen molar-refractivity contribution in [1.29, 1.82) is 0 Å². The number of nitrogen functional groups attached to an aromatic ring is 1. The first-order chi connectivity index (χ1) is 19.5. The van der Waals surface area contributed by atoms with Crippen LogP contribution < -0.4 is 21.7 Å². The second-order valence-electron chi connectivity index (χ2n) is 12.9. The average Bonchev–Trinajstić information content (AvgIpc) is 2.97. The fourth-order valence-electron chi connectivity index (χ4n) is 8.07. The van der Waals surface area contributed by atoms with Gasteiger partial charge in [0, 0.05) is 28.4 Å². The summed E-state index contributed by atoms with van der Waals surface area (Å²) < 4.78 is 0. The summed E-state index contributed by atoms with van der Waals surface area (Å²) in [7, 11) is 0. The quantitative estimate of drug-likeness (QED) is 0.299. The van der Waals surface area contributed by atoms with Gasteiger partial charge in [-0.15, -0.1) is 0 Å². The van der Waals surface area contributed by atoms with Gasteiger partial charge in [-0.2, -0.15) is 0 Å². The minimum Gasteiger partial charge on any atom is -0.397 e. The van der Waals surface area contributed by atoms with E-state index in [0.29, 0.717) is 33.9 Å². The number of nitrogens with zero attached hydrogens (tertiary/aromatic N) is 1. The number of rotatable bonds is 5. The molecule has 3 heterocycles. The van der Waals surface area contributed by atoms with Crippen LogP contribution in [0.3, 0.4) is 0 Å². The van der Waals surface area contributed by atoms with Crippen LogP contribution in [0.15, 0.2) is 66.9 Å². The van der Waals surface area contributed by atoms with Crippen LogP contribution in [-0.2, 0) is 5.41 Å². The van der Waals surface area contributed by atoms with Gasteiger partial charge in [-0.1, -0.05) is 36.4 Å². The summed E-state index contributed by atoms with van der Waals surface area (Å²) in [5, 5.41) is 10.5. The van der Waals surface area contributed by atoms with Crippen LogP contribution in [0.5, 0.6) is 0 Å². The Labute approximate surface area is 237 Å². The molecule has 1 aromatic heterocycles. The second kappa shape index (κ2) is 10.0. The lowest BCUT2D eigenvalue weighted by Crippen LogP contribution is -2.62. The molecule has 4 fully saturated rings. The van der Waals surface area contributed by atoms with Crippen molar-refractivity contribution in [3.8, 4) is 11.1 Å². The third kappa shape index (κ3) is 4.51. The van der Waals surface area contributed by atoms with Crippen LogP contribution in [0.1, 0.15) is 80.3 Å². The van der Waals surface area contributed by atoms with E-state index in [1.165, 1.54) is 76.4 Å². The molecule has 0 unspecified atom stereocenters. The predicted octanol–water partition coefficient (Wildman–Crippen LogP) is 6.05. The maximum atomic E-state index is 13.3. The molecule has 7 rings (SSSR count). The molecular formula is C34H41N5O. The van der Waals surface area contributed by atoms with Crippen molar-refractivity contribution in [3.05, 3.63) is 78.1 Å². The summed E-state index contributed by atoms with van der Waals surface area (Å²) in [4.78, 5) is 18.3. The molecule has 5 N–H and O–H groups in total. The minimum absolute atomic E-state index is 0.108. The monoisotopic (exact) mass is 535 g/mol. The fourth-order valence-corrected chi connectivity index (χ4v) is 8.07. The zero-order valence-corrected chi connectivity index (χ0v) is 23.3. The smallest absolute Gasteiger partial charge is 0.257 e. The van der Waals surface area contributed by atoms with Crippen LogP contribution in [-0.4, -0.2) is 35.1 Å². The molecule has 40 heavy (non-hydrogen) atoms. The summed E-state index contributed by atoms with van der Waals surface area (Å²) in [5.41, 5.74) is 12.2. The molecule has 3 aromatic rings. The molecule has 2 aromatic carbocycles. The number of nitrogens with one attached hydrogen (secondary N) is 3. The number of carbonyl (C=O) groups excluding carboxylic acids is 1. The minimum atomic E-state index is -0.179. The lowest BCUT2D eigenvalue weighted by molar-refractivity contribution is 0.0302. The summed E-state index contributed by atoms with van der Waals surface area (Å²) in [6.07, 6.45) is 14.4. The maximum absolute atomic E-state index is 13.3. The van der Waals surface area contributed by atoms with Crippen LogP contribution in [0.25, 0.3) is 11.1 Å². The van der Waals surface area contributed by atoms with Crippen molar-refractivity contribution in [2.24, 2.45) is 5.92 Å². The van der Waals surface area contributed by atoms with Crippen LogP contribution in [0.4, 0.5) is 11.4 Å². The second-order valence-corrected chi connectivity index (χ2v) is 12.9. The molecule has 0 bridgehead atoms. The predicted molar refractivity (Wildman–Crippen MR) is 161 cm³/mol. The number of carbonyl (C=O) groups is 1. The Balaban J connectivity index is 1.11. The van der Waals surface area contributed by atoms with Gasteiger partial charge in [-0.05, 0) is 119 Å². The number of nitrogens with two attached hydrogens (primary N) is 1. The molecule has 6 nitrogen and oxygen atoms in total. The normalized spacial score (nSPS) is 31.4. The number of amides is 1. The Kier molecular flexibility index (Phi) is 6.43. The molecule has 0 atom stereocenters. The highest BCUT2D eigenvalue weighted by Gasteiger charge is 2.52. The van der Waals surface area contributed by atoms with Gasteiger partial charge in [0.15, 0.2) is 0 Å². The van der Waals surface area contributed by atoms with Crippen molar-refractivity contribution < 1.29 is 4.79 Å². The van der Waals surface area contributed by atoms with Crippen molar-refractivity contribution in [3.63, 3.8) is 0 Å². The zero-order chi connectivity index (χ0) is 27.2. The molecule has 2 aliphatic carbocycles. The molecule has 2 aliphatic heterocycles. The van der Waals surface area contributed by atoms with Crippen molar-refractivity contribution in [2.45, 2.75) is 80.7 Å². The first-order valence-corrected chi connectivity index (χ1v) is 15.2. The van der Waals surface area contributed by atoms with Gasteiger partial charge in [0.25, 0.3) is 5.91 Å².